The number of hydrogen-bond acceptors (Lipinski definition) is 2. The number of amides is 1. The first-order valence-electron chi connectivity index (χ1n) is 6.49. The predicted octanol–water partition coefficient (Wildman–Crippen LogP) is 2.57. The average Bonchev–Trinajstić information content (AvgIpc) is 2.82. The molecule has 3 nitrogen and oxygen atoms in total. The molecular weight excluding hydrogens is 271 g/mol. The fraction of sp³-hybridized carbons (Fsp3) is 0.500. The molecule has 1 aliphatic carbocycles. The van der Waals surface area contributed by atoms with Crippen molar-refractivity contribution in [3.05, 3.63) is 35.9 Å². The maximum atomic E-state index is 13.1. The van der Waals surface area contributed by atoms with Crippen LogP contribution in [0.5, 0.6) is 0 Å². The maximum Gasteiger partial charge on any atom is 0.412 e. The van der Waals surface area contributed by atoms with E-state index in [2.05, 4.69) is 0 Å². The van der Waals surface area contributed by atoms with Crippen molar-refractivity contribution < 1.29 is 23.1 Å². The number of aliphatic hydroxyl groups is 1. The van der Waals surface area contributed by atoms with Gasteiger partial charge in [-0.1, -0.05) is 30.3 Å². The Bertz CT molecular complexity index is 461. The van der Waals surface area contributed by atoms with Crippen molar-refractivity contribution in [2.24, 2.45) is 5.92 Å². The van der Waals surface area contributed by atoms with Crippen LogP contribution in [0.15, 0.2) is 30.3 Å². The van der Waals surface area contributed by atoms with Gasteiger partial charge in [0.2, 0.25) is 5.91 Å². The van der Waals surface area contributed by atoms with Gasteiger partial charge in [-0.25, -0.2) is 0 Å². The SMILES string of the molecule is O=C(NC(c1ccccc1)C(F)(F)F)C1CCCC1O. The molecule has 1 amide bonds. The molecule has 0 aliphatic heterocycles. The van der Waals surface area contributed by atoms with E-state index in [1.807, 2.05) is 5.32 Å². The Morgan fingerprint density at radius 3 is 2.40 bits per heavy atom. The fourth-order valence-corrected chi connectivity index (χ4v) is 2.50. The third kappa shape index (κ3) is 3.30. The lowest BCUT2D eigenvalue weighted by Gasteiger charge is -2.24. The van der Waals surface area contributed by atoms with E-state index >= 15 is 0 Å². The van der Waals surface area contributed by atoms with Gasteiger partial charge in [-0.3, -0.25) is 4.79 Å². The monoisotopic (exact) mass is 287 g/mol. The number of halogens is 3. The molecule has 0 aromatic heterocycles. The number of benzene rings is 1. The lowest BCUT2D eigenvalue weighted by molar-refractivity contribution is -0.165. The van der Waals surface area contributed by atoms with Crippen LogP contribution >= 0.6 is 0 Å². The maximum absolute atomic E-state index is 13.1. The third-order valence-corrected chi connectivity index (χ3v) is 3.56. The van der Waals surface area contributed by atoms with Gasteiger partial charge in [-0.2, -0.15) is 13.2 Å². The molecule has 2 N–H and O–H groups in total. The van der Waals surface area contributed by atoms with Crippen LogP contribution in [0.1, 0.15) is 30.9 Å². The number of carbonyl (C=O) groups excluding carboxylic acids is 1. The van der Waals surface area contributed by atoms with Crippen molar-refractivity contribution in [3.63, 3.8) is 0 Å². The molecule has 1 aliphatic rings. The highest BCUT2D eigenvalue weighted by Crippen LogP contribution is 2.34. The van der Waals surface area contributed by atoms with E-state index in [1.54, 1.807) is 6.07 Å². The summed E-state index contributed by atoms with van der Waals surface area (Å²) in [5, 5.41) is 11.6. The van der Waals surface area contributed by atoms with E-state index in [0.29, 0.717) is 19.3 Å². The lowest BCUT2D eigenvalue weighted by atomic mass is 10.0. The number of rotatable bonds is 3. The molecule has 1 aromatic carbocycles. The molecule has 3 atom stereocenters. The molecule has 1 fully saturated rings. The summed E-state index contributed by atoms with van der Waals surface area (Å²) in [7, 11) is 0. The van der Waals surface area contributed by atoms with E-state index in [4.69, 9.17) is 0 Å². The highest BCUT2D eigenvalue weighted by Gasteiger charge is 2.43. The smallest absolute Gasteiger partial charge is 0.392 e. The summed E-state index contributed by atoms with van der Waals surface area (Å²) in [5.74, 6) is -1.48. The summed E-state index contributed by atoms with van der Waals surface area (Å²) < 4.78 is 39.2. The zero-order chi connectivity index (χ0) is 14.8. The zero-order valence-electron chi connectivity index (χ0n) is 10.7. The molecule has 0 spiro atoms. The lowest BCUT2D eigenvalue weighted by Crippen LogP contribution is -2.42. The molecule has 110 valence electrons. The van der Waals surface area contributed by atoms with Crippen molar-refractivity contribution in [3.8, 4) is 0 Å². The summed E-state index contributed by atoms with van der Waals surface area (Å²) >= 11 is 0. The van der Waals surface area contributed by atoms with Gasteiger partial charge < -0.3 is 10.4 Å². The molecule has 0 bridgehead atoms. The second kappa shape index (κ2) is 5.83. The Kier molecular flexibility index (Phi) is 4.32. The van der Waals surface area contributed by atoms with Gasteiger partial charge in [0.15, 0.2) is 6.04 Å². The van der Waals surface area contributed by atoms with Gasteiger partial charge in [-0.05, 0) is 24.8 Å². The van der Waals surface area contributed by atoms with E-state index in [-0.39, 0.29) is 5.56 Å². The summed E-state index contributed by atoms with van der Waals surface area (Å²) in [6, 6.07) is 5.20. The summed E-state index contributed by atoms with van der Waals surface area (Å²) in [4.78, 5) is 11.9. The Morgan fingerprint density at radius 2 is 1.90 bits per heavy atom. The standard InChI is InChI=1S/C14H16F3NO2/c15-14(16,17)12(9-5-2-1-3-6-9)18-13(20)10-7-4-8-11(10)19/h1-3,5-6,10-12,19H,4,7-8H2,(H,18,20). The van der Waals surface area contributed by atoms with Crippen LogP contribution in [0.2, 0.25) is 0 Å². The van der Waals surface area contributed by atoms with Gasteiger partial charge in [-0.15, -0.1) is 0 Å². The molecule has 3 unspecified atom stereocenters. The van der Waals surface area contributed by atoms with Gasteiger partial charge in [0, 0.05) is 0 Å². The van der Waals surface area contributed by atoms with Crippen LogP contribution in [0.25, 0.3) is 0 Å². The minimum atomic E-state index is -4.57. The second-order valence-electron chi connectivity index (χ2n) is 5.00. The van der Waals surface area contributed by atoms with E-state index in [1.165, 1.54) is 24.3 Å². The number of hydrogen-bond donors (Lipinski definition) is 2. The van der Waals surface area contributed by atoms with Crippen LogP contribution in [-0.4, -0.2) is 23.3 Å². The van der Waals surface area contributed by atoms with Crippen molar-refractivity contribution in [2.45, 2.75) is 37.6 Å². The van der Waals surface area contributed by atoms with E-state index in [9.17, 15) is 23.1 Å². The minimum Gasteiger partial charge on any atom is -0.392 e. The molecule has 1 saturated carbocycles. The Morgan fingerprint density at radius 1 is 1.25 bits per heavy atom. The van der Waals surface area contributed by atoms with E-state index < -0.39 is 30.1 Å². The summed E-state index contributed by atoms with van der Waals surface area (Å²) in [6.07, 6.45) is -3.88. The average molecular weight is 287 g/mol. The zero-order valence-corrected chi connectivity index (χ0v) is 10.7. The molecule has 20 heavy (non-hydrogen) atoms. The van der Waals surface area contributed by atoms with Crippen LogP contribution in [0.3, 0.4) is 0 Å². The highest BCUT2D eigenvalue weighted by molar-refractivity contribution is 5.80. The van der Waals surface area contributed by atoms with Crippen LogP contribution in [0, 0.1) is 5.92 Å². The van der Waals surface area contributed by atoms with Gasteiger partial charge >= 0.3 is 6.18 Å². The Hall–Kier alpha value is -1.56. The Balaban J connectivity index is 2.15. The first-order chi connectivity index (χ1) is 9.39. The van der Waals surface area contributed by atoms with Crippen molar-refractivity contribution >= 4 is 5.91 Å². The molecule has 1 aromatic rings. The molecule has 6 heteroatoms. The van der Waals surface area contributed by atoms with Crippen molar-refractivity contribution in [1.82, 2.24) is 5.32 Å². The molecule has 0 heterocycles. The van der Waals surface area contributed by atoms with Crippen LogP contribution in [0.4, 0.5) is 13.2 Å². The predicted molar refractivity (Wildman–Crippen MR) is 66.7 cm³/mol. The molecule has 0 radical (unpaired) electrons. The first kappa shape index (κ1) is 14.8. The van der Waals surface area contributed by atoms with Crippen molar-refractivity contribution in [2.75, 3.05) is 0 Å². The van der Waals surface area contributed by atoms with E-state index in [0.717, 1.165) is 0 Å². The number of nitrogens with one attached hydrogen (secondary N) is 1. The van der Waals surface area contributed by atoms with Crippen LogP contribution in [-0.2, 0) is 4.79 Å². The van der Waals surface area contributed by atoms with Crippen molar-refractivity contribution in [1.29, 1.82) is 0 Å². The largest absolute Gasteiger partial charge is 0.412 e. The first-order valence-corrected chi connectivity index (χ1v) is 6.49. The summed E-state index contributed by atoms with van der Waals surface area (Å²) in [5.41, 5.74) is -0.0131. The number of carbonyl (C=O) groups is 1. The minimum absolute atomic E-state index is 0.0131. The van der Waals surface area contributed by atoms with Gasteiger partial charge in [0.1, 0.15) is 0 Å². The van der Waals surface area contributed by atoms with Gasteiger partial charge in [0.25, 0.3) is 0 Å². The number of alkyl halides is 3. The Labute approximate surface area is 114 Å². The summed E-state index contributed by atoms with van der Waals surface area (Å²) in [6.45, 7) is 0. The highest BCUT2D eigenvalue weighted by atomic mass is 19.4. The molecule has 2 rings (SSSR count). The molecular formula is C14H16F3NO2. The number of aliphatic hydroxyl groups excluding tert-OH is 1. The quantitative estimate of drug-likeness (QED) is 0.897. The van der Waals surface area contributed by atoms with Gasteiger partial charge in [0.05, 0.1) is 12.0 Å². The molecule has 0 saturated heterocycles. The fourth-order valence-electron chi connectivity index (χ4n) is 2.50. The van der Waals surface area contributed by atoms with Crippen LogP contribution < -0.4 is 5.32 Å². The topological polar surface area (TPSA) is 49.3 Å². The second-order valence-corrected chi connectivity index (χ2v) is 5.00. The normalized spacial score (nSPS) is 24.4. The third-order valence-electron chi connectivity index (χ3n) is 3.56.